The van der Waals surface area contributed by atoms with Crippen LogP contribution in [-0.4, -0.2) is 17.5 Å². The van der Waals surface area contributed by atoms with Crippen LogP contribution in [0, 0.1) is 10.1 Å². The van der Waals surface area contributed by atoms with Crippen molar-refractivity contribution in [3.05, 3.63) is 37.9 Å². The van der Waals surface area contributed by atoms with Crippen molar-refractivity contribution in [2.24, 2.45) is 0 Å². The quantitative estimate of drug-likeness (QED) is 0.478. The second kappa shape index (κ2) is 5.14. The van der Waals surface area contributed by atoms with E-state index in [4.69, 9.17) is 27.9 Å². The van der Waals surface area contributed by atoms with Crippen molar-refractivity contribution < 1.29 is 14.5 Å². The summed E-state index contributed by atoms with van der Waals surface area (Å²) >= 11 is 11.3. The van der Waals surface area contributed by atoms with E-state index in [0.717, 1.165) is 6.07 Å². The standard InChI is InChI=1S/C9H7Cl2NO4/c1-2-16-9(13)6-3-5(10)4-7(8(6)11)12(14)15/h3-4H,2H2,1H3. The zero-order chi connectivity index (χ0) is 12.3. The van der Waals surface area contributed by atoms with Gasteiger partial charge in [-0.1, -0.05) is 23.2 Å². The molecule has 0 saturated heterocycles. The Hall–Kier alpha value is -1.33. The number of esters is 1. The molecule has 0 spiro atoms. The Kier molecular flexibility index (Phi) is 4.09. The molecule has 0 unspecified atom stereocenters. The van der Waals surface area contributed by atoms with Crippen LogP contribution < -0.4 is 0 Å². The van der Waals surface area contributed by atoms with Crippen molar-refractivity contribution in [1.82, 2.24) is 0 Å². The SMILES string of the molecule is CCOC(=O)c1cc(Cl)cc([N+](=O)[O-])c1Cl. The number of carbonyl (C=O) groups excluding carboxylic acids is 1. The van der Waals surface area contributed by atoms with Crippen LogP contribution in [0.1, 0.15) is 17.3 Å². The van der Waals surface area contributed by atoms with Crippen LogP contribution in [0.4, 0.5) is 5.69 Å². The average molecular weight is 264 g/mol. The molecule has 0 saturated carbocycles. The molecule has 5 nitrogen and oxygen atoms in total. The second-order valence-electron chi connectivity index (χ2n) is 2.76. The third-order valence-electron chi connectivity index (χ3n) is 1.71. The summed E-state index contributed by atoms with van der Waals surface area (Å²) in [4.78, 5) is 21.3. The Morgan fingerprint density at radius 3 is 2.62 bits per heavy atom. The summed E-state index contributed by atoms with van der Waals surface area (Å²) < 4.78 is 4.69. The van der Waals surface area contributed by atoms with Crippen LogP contribution in [-0.2, 0) is 4.74 Å². The van der Waals surface area contributed by atoms with Crippen LogP contribution in [0.2, 0.25) is 10.0 Å². The summed E-state index contributed by atoms with van der Waals surface area (Å²) in [6, 6.07) is 2.31. The number of rotatable bonds is 3. The fraction of sp³-hybridized carbons (Fsp3) is 0.222. The molecule has 86 valence electrons. The Morgan fingerprint density at radius 2 is 2.12 bits per heavy atom. The molecular formula is C9H7Cl2NO4. The summed E-state index contributed by atoms with van der Waals surface area (Å²) in [5, 5.41) is 10.4. The highest BCUT2D eigenvalue weighted by molar-refractivity contribution is 6.37. The molecule has 0 N–H and O–H groups in total. The molecule has 0 aromatic heterocycles. The fourth-order valence-electron chi connectivity index (χ4n) is 1.07. The van der Waals surface area contributed by atoms with Crippen molar-refractivity contribution >= 4 is 34.9 Å². The van der Waals surface area contributed by atoms with E-state index in [1.807, 2.05) is 0 Å². The summed E-state index contributed by atoms with van der Waals surface area (Å²) in [6.07, 6.45) is 0. The Labute approximate surface area is 101 Å². The Bertz CT molecular complexity index is 447. The lowest BCUT2D eigenvalue weighted by atomic mass is 10.2. The van der Waals surface area contributed by atoms with Gasteiger partial charge in [-0.2, -0.15) is 0 Å². The number of carbonyl (C=O) groups is 1. The molecule has 16 heavy (non-hydrogen) atoms. The third kappa shape index (κ3) is 2.62. The molecular weight excluding hydrogens is 257 g/mol. The highest BCUT2D eigenvalue weighted by atomic mass is 35.5. The fourth-order valence-corrected chi connectivity index (χ4v) is 1.53. The minimum Gasteiger partial charge on any atom is -0.462 e. The van der Waals surface area contributed by atoms with Gasteiger partial charge in [0.15, 0.2) is 0 Å². The van der Waals surface area contributed by atoms with Gasteiger partial charge in [-0.05, 0) is 13.0 Å². The summed E-state index contributed by atoms with van der Waals surface area (Å²) in [5.41, 5.74) is -0.528. The number of hydrogen-bond donors (Lipinski definition) is 0. The van der Waals surface area contributed by atoms with E-state index >= 15 is 0 Å². The lowest BCUT2D eigenvalue weighted by Crippen LogP contribution is -2.06. The molecule has 0 aliphatic carbocycles. The maximum absolute atomic E-state index is 11.4. The zero-order valence-corrected chi connectivity index (χ0v) is 9.71. The highest BCUT2D eigenvalue weighted by Crippen LogP contribution is 2.32. The lowest BCUT2D eigenvalue weighted by Gasteiger charge is -2.05. The number of ether oxygens (including phenoxy) is 1. The number of halogens is 2. The van der Waals surface area contributed by atoms with E-state index in [1.165, 1.54) is 6.07 Å². The van der Waals surface area contributed by atoms with Crippen LogP contribution in [0.3, 0.4) is 0 Å². The van der Waals surface area contributed by atoms with E-state index in [-0.39, 0.29) is 22.2 Å². The summed E-state index contributed by atoms with van der Waals surface area (Å²) in [7, 11) is 0. The first kappa shape index (κ1) is 12.7. The van der Waals surface area contributed by atoms with E-state index in [2.05, 4.69) is 0 Å². The molecule has 1 aromatic carbocycles. The van der Waals surface area contributed by atoms with Crippen LogP contribution in [0.25, 0.3) is 0 Å². The first-order valence-electron chi connectivity index (χ1n) is 4.28. The van der Waals surface area contributed by atoms with E-state index in [9.17, 15) is 14.9 Å². The maximum atomic E-state index is 11.4. The van der Waals surface area contributed by atoms with E-state index in [1.54, 1.807) is 6.92 Å². The van der Waals surface area contributed by atoms with Gasteiger partial charge in [-0.3, -0.25) is 10.1 Å². The minimum absolute atomic E-state index is 0.0548. The first-order valence-corrected chi connectivity index (χ1v) is 5.03. The Balaban J connectivity index is 3.29. The number of nitro benzene ring substituents is 1. The topological polar surface area (TPSA) is 69.4 Å². The molecule has 0 amide bonds. The predicted octanol–water partition coefficient (Wildman–Crippen LogP) is 3.08. The summed E-state index contributed by atoms with van der Waals surface area (Å²) in [6.45, 7) is 1.76. The predicted molar refractivity (Wildman–Crippen MR) is 59.1 cm³/mol. The number of nitrogens with zero attached hydrogens (tertiary/aromatic N) is 1. The Morgan fingerprint density at radius 1 is 1.50 bits per heavy atom. The molecule has 0 aliphatic heterocycles. The molecule has 0 aliphatic rings. The summed E-state index contributed by atoms with van der Waals surface area (Å²) in [5.74, 6) is -0.738. The molecule has 1 aromatic rings. The molecule has 0 heterocycles. The smallest absolute Gasteiger partial charge is 0.339 e. The van der Waals surface area contributed by atoms with Gasteiger partial charge in [0.25, 0.3) is 5.69 Å². The molecule has 0 atom stereocenters. The zero-order valence-electron chi connectivity index (χ0n) is 8.20. The van der Waals surface area contributed by atoms with Gasteiger partial charge in [0.1, 0.15) is 5.02 Å². The van der Waals surface area contributed by atoms with Crippen molar-refractivity contribution in [2.75, 3.05) is 6.61 Å². The van der Waals surface area contributed by atoms with Gasteiger partial charge in [-0.25, -0.2) is 4.79 Å². The van der Waals surface area contributed by atoms with Crippen LogP contribution >= 0.6 is 23.2 Å². The van der Waals surface area contributed by atoms with Crippen LogP contribution in [0.5, 0.6) is 0 Å². The van der Waals surface area contributed by atoms with E-state index in [0.29, 0.717) is 0 Å². The van der Waals surface area contributed by atoms with Crippen molar-refractivity contribution in [2.45, 2.75) is 6.92 Å². The molecule has 7 heteroatoms. The monoisotopic (exact) mass is 263 g/mol. The normalized spacial score (nSPS) is 9.94. The number of hydrogen-bond acceptors (Lipinski definition) is 4. The number of benzene rings is 1. The number of nitro groups is 1. The average Bonchev–Trinajstić information content (AvgIpc) is 2.20. The molecule has 0 bridgehead atoms. The van der Waals surface area contributed by atoms with Gasteiger partial charge < -0.3 is 4.74 Å². The van der Waals surface area contributed by atoms with E-state index < -0.39 is 16.6 Å². The van der Waals surface area contributed by atoms with Gasteiger partial charge in [0.05, 0.1) is 17.1 Å². The van der Waals surface area contributed by atoms with Gasteiger partial charge in [0.2, 0.25) is 0 Å². The molecule has 0 fully saturated rings. The third-order valence-corrected chi connectivity index (χ3v) is 2.33. The van der Waals surface area contributed by atoms with Gasteiger partial charge >= 0.3 is 5.97 Å². The van der Waals surface area contributed by atoms with Gasteiger partial charge in [-0.15, -0.1) is 0 Å². The molecule has 1 rings (SSSR count). The first-order chi connectivity index (χ1) is 7.47. The maximum Gasteiger partial charge on any atom is 0.339 e. The second-order valence-corrected chi connectivity index (χ2v) is 3.58. The minimum atomic E-state index is -0.738. The van der Waals surface area contributed by atoms with Gasteiger partial charge in [0, 0.05) is 11.1 Å². The lowest BCUT2D eigenvalue weighted by molar-refractivity contribution is -0.384. The molecule has 0 radical (unpaired) electrons. The van der Waals surface area contributed by atoms with Crippen molar-refractivity contribution in [3.8, 4) is 0 Å². The van der Waals surface area contributed by atoms with Crippen molar-refractivity contribution in [1.29, 1.82) is 0 Å². The van der Waals surface area contributed by atoms with Crippen LogP contribution in [0.15, 0.2) is 12.1 Å². The van der Waals surface area contributed by atoms with Crippen molar-refractivity contribution in [3.63, 3.8) is 0 Å². The highest BCUT2D eigenvalue weighted by Gasteiger charge is 2.22. The largest absolute Gasteiger partial charge is 0.462 e.